The zero-order valence-electron chi connectivity index (χ0n) is 16.0. The lowest BCUT2D eigenvalue weighted by Crippen LogP contribution is -2.67. The smallest absolute Gasteiger partial charge is 0.0341 e. The Morgan fingerprint density at radius 3 is 1.19 bits per heavy atom. The zero-order chi connectivity index (χ0) is 16.8. The quantitative estimate of drug-likeness (QED) is 0.599. The molecule has 0 saturated heterocycles. The second-order valence-corrected chi connectivity index (χ2v) is 9.04. The van der Waals surface area contributed by atoms with Crippen LogP contribution in [0.3, 0.4) is 0 Å². The molecule has 2 heteroatoms. The highest BCUT2D eigenvalue weighted by molar-refractivity contribution is 5.08. The summed E-state index contributed by atoms with van der Waals surface area (Å²) in [4.78, 5) is 0. The lowest BCUT2D eigenvalue weighted by molar-refractivity contribution is 0.115. The van der Waals surface area contributed by atoms with Gasteiger partial charge in [-0.05, 0) is 55.8 Å². The van der Waals surface area contributed by atoms with E-state index in [-0.39, 0.29) is 11.1 Å². The van der Waals surface area contributed by atoms with Crippen molar-refractivity contribution in [3.63, 3.8) is 0 Å². The number of hydrogen-bond donors (Lipinski definition) is 2. The van der Waals surface area contributed by atoms with Gasteiger partial charge in [-0.25, -0.2) is 0 Å². The van der Waals surface area contributed by atoms with Gasteiger partial charge < -0.3 is 11.5 Å². The predicted octanol–water partition coefficient (Wildman–Crippen LogP) is 4.96. The van der Waals surface area contributed by atoms with Gasteiger partial charge in [-0.2, -0.15) is 0 Å². The normalized spacial score (nSPS) is 16.3. The van der Waals surface area contributed by atoms with Crippen molar-refractivity contribution in [3.05, 3.63) is 0 Å². The highest BCUT2D eigenvalue weighted by Crippen LogP contribution is 2.38. The lowest BCUT2D eigenvalue weighted by atomic mass is 9.64. The molecule has 0 aromatic rings. The standard InChI is InChI=1S/C19H42N2/c1-14(2)9-10-18(20,11-15(3)4)19(21,12-16(5)6)13-17(7)8/h14-17H,9-13,20-21H2,1-8H3. The Balaban J connectivity index is 5.42. The number of rotatable bonds is 10. The molecular weight excluding hydrogens is 256 g/mol. The topological polar surface area (TPSA) is 52.0 Å². The van der Waals surface area contributed by atoms with E-state index in [1.54, 1.807) is 0 Å². The molecule has 0 aliphatic rings. The van der Waals surface area contributed by atoms with E-state index in [9.17, 15) is 0 Å². The monoisotopic (exact) mass is 298 g/mol. The van der Waals surface area contributed by atoms with Crippen molar-refractivity contribution in [2.45, 2.75) is 98.6 Å². The van der Waals surface area contributed by atoms with Crippen LogP contribution in [0, 0.1) is 23.7 Å². The summed E-state index contributed by atoms with van der Waals surface area (Å²) in [5, 5.41) is 0. The molecule has 0 heterocycles. The molecule has 0 bridgehead atoms. The molecule has 2 nitrogen and oxygen atoms in total. The van der Waals surface area contributed by atoms with Crippen LogP contribution >= 0.6 is 0 Å². The Morgan fingerprint density at radius 1 is 0.571 bits per heavy atom. The highest BCUT2D eigenvalue weighted by atomic mass is 14.9. The Bertz CT molecular complexity index is 271. The molecule has 0 aromatic heterocycles. The van der Waals surface area contributed by atoms with Crippen LogP contribution in [0.15, 0.2) is 0 Å². The first-order valence-electron chi connectivity index (χ1n) is 8.99. The van der Waals surface area contributed by atoms with Crippen LogP contribution in [0.25, 0.3) is 0 Å². The molecule has 21 heavy (non-hydrogen) atoms. The first-order valence-corrected chi connectivity index (χ1v) is 8.99. The van der Waals surface area contributed by atoms with Gasteiger partial charge in [0.2, 0.25) is 0 Å². The first kappa shape index (κ1) is 20.9. The van der Waals surface area contributed by atoms with Gasteiger partial charge in [0, 0.05) is 11.1 Å². The molecule has 128 valence electrons. The van der Waals surface area contributed by atoms with Gasteiger partial charge in [0.05, 0.1) is 0 Å². The molecule has 0 fully saturated rings. The van der Waals surface area contributed by atoms with Crippen molar-refractivity contribution in [2.24, 2.45) is 35.1 Å². The Kier molecular flexibility index (Phi) is 8.49. The van der Waals surface area contributed by atoms with Gasteiger partial charge in [0.15, 0.2) is 0 Å². The number of hydrogen-bond acceptors (Lipinski definition) is 2. The fraction of sp³-hybridized carbons (Fsp3) is 1.00. The molecule has 0 saturated carbocycles. The molecule has 0 aliphatic heterocycles. The van der Waals surface area contributed by atoms with Crippen LogP contribution in [0.4, 0.5) is 0 Å². The summed E-state index contributed by atoms with van der Waals surface area (Å²) in [7, 11) is 0. The average Bonchev–Trinajstić information content (AvgIpc) is 2.22. The van der Waals surface area contributed by atoms with Gasteiger partial charge in [-0.1, -0.05) is 55.4 Å². The third-order valence-electron chi connectivity index (χ3n) is 4.48. The van der Waals surface area contributed by atoms with E-state index < -0.39 is 0 Å². The van der Waals surface area contributed by atoms with Crippen LogP contribution < -0.4 is 11.5 Å². The zero-order valence-corrected chi connectivity index (χ0v) is 16.0. The van der Waals surface area contributed by atoms with Gasteiger partial charge in [0.1, 0.15) is 0 Å². The Morgan fingerprint density at radius 2 is 0.905 bits per heavy atom. The summed E-state index contributed by atoms with van der Waals surface area (Å²) < 4.78 is 0. The summed E-state index contributed by atoms with van der Waals surface area (Å²) >= 11 is 0. The van der Waals surface area contributed by atoms with Crippen molar-refractivity contribution < 1.29 is 0 Å². The van der Waals surface area contributed by atoms with Crippen LogP contribution in [-0.2, 0) is 0 Å². The van der Waals surface area contributed by atoms with Crippen molar-refractivity contribution in [1.82, 2.24) is 0 Å². The van der Waals surface area contributed by atoms with Gasteiger partial charge in [-0.3, -0.25) is 0 Å². The fourth-order valence-electron chi connectivity index (χ4n) is 3.78. The van der Waals surface area contributed by atoms with E-state index in [1.165, 1.54) is 6.42 Å². The molecule has 0 radical (unpaired) electrons. The molecule has 1 atom stereocenters. The predicted molar refractivity (Wildman–Crippen MR) is 96.3 cm³/mol. The van der Waals surface area contributed by atoms with Gasteiger partial charge >= 0.3 is 0 Å². The first-order chi connectivity index (χ1) is 9.42. The summed E-state index contributed by atoms with van der Waals surface area (Å²) in [6, 6.07) is 0. The van der Waals surface area contributed by atoms with E-state index in [2.05, 4.69) is 55.4 Å². The molecule has 0 rings (SSSR count). The van der Waals surface area contributed by atoms with Crippen molar-refractivity contribution in [3.8, 4) is 0 Å². The van der Waals surface area contributed by atoms with Crippen LogP contribution in [-0.4, -0.2) is 11.1 Å². The summed E-state index contributed by atoms with van der Waals surface area (Å²) in [5.74, 6) is 2.44. The van der Waals surface area contributed by atoms with E-state index in [1.807, 2.05) is 0 Å². The number of nitrogens with two attached hydrogens (primary N) is 2. The van der Waals surface area contributed by atoms with E-state index >= 15 is 0 Å². The van der Waals surface area contributed by atoms with E-state index in [0.717, 1.165) is 25.7 Å². The second kappa shape index (κ2) is 8.53. The van der Waals surface area contributed by atoms with E-state index in [4.69, 9.17) is 11.5 Å². The molecular formula is C19H42N2. The SMILES string of the molecule is CC(C)CCC(N)(CC(C)C)C(N)(CC(C)C)CC(C)C. The third kappa shape index (κ3) is 7.15. The highest BCUT2D eigenvalue weighted by Gasteiger charge is 2.46. The molecule has 0 aromatic carbocycles. The van der Waals surface area contributed by atoms with Crippen LogP contribution in [0.2, 0.25) is 0 Å². The Labute approximate surface area is 134 Å². The fourth-order valence-corrected chi connectivity index (χ4v) is 3.78. The van der Waals surface area contributed by atoms with E-state index in [0.29, 0.717) is 23.7 Å². The lowest BCUT2D eigenvalue weighted by Gasteiger charge is -2.50. The van der Waals surface area contributed by atoms with Crippen molar-refractivity contribution >= 4 is 0 Å². The second-order valence-electron chi connectivity index (χ2n) is 9.04. The Hall–Kier alpha value is -0.0800. The van der Waals surface area contributed by atoms with Gasteiger partial charge in [-0.15, -0.1) is 0 Å². The maximum absolute atomic E-state index is 7.00. The van der Waals surface area contributed by atoms with Crippen LogP contribution in [0.5, 0.6) is 0 Å². The molecule has 0 aliphatic carbocycles. The summed E-state index contributed by atoms with van der Waals surface area (Å²) in [6.07, 6.45) is 5.27. The maximum Gasteiger partial charge on any atom is 0.0341 e. The van der Waals surface area contributed by atoms with Crippen molar-refractivity contribution in [2.75, 3.05) is 0 Å². The molecule has 0 amide bonds. The summed E-state index contributed by atoms with van der Waals surface area (Å²) in [6.45, 7) is 18.1. The third-order valence-corrected chi connectivity index (χ3v) is 4.48. The molecule has 0 spiro atoms. The largest absolute Gasteiger partial charge is 0.324 e. The average molecular weight is 299 g/mol. The minimum absolute atomic E-state index is 0.250. The summed E-state index contributed by atoms with van der Waals surface area (Å²) in [5.41, 5.74) is 13.5. The van der Waals surface area contributed by atoms with Gasteiger partial charge in [0.25, 0.3) is 0 Å². The molecule has 1 unspecified atom stereocenters. The van der Waals surface area contributed by atoms with Crippen LogP contribution in [0.1, 0.15) is 87.5 Å². The molecule has 4 N–H and O–H groups in total. The minimum Gasteiger partial charge on any atom is -0.324 e. The maximum atomic E-state index is 7.00. The minimum atomic E-state index is -0.255. The van der Waals surface area contributed by atoms with Crippen molar-refractivity contribution in [1.29, 1.82) is 0 Å².